The SMILES string of the molecule is O=C(NC1CC1)C1CCCN1C(=O)CCc1nc2sc3c(c2c(=O)[nH]1)CCCC3. The summed E-state index contributed by atoms with van der Waals surface area (Å²) in [6, 6.07) is -0.0423. The van der Waals surface area contributed by atoms with Crippen molar-refractivity contribution in [1.29, 1.82) is 0 Å². The Labute approximate surface area is 172 Å². The third-order valence-corrected chi connectivity index (χ3v) is 7.43. The van der Waals surface area contributed by atoms with E-state index in [2.05, 4.69) is 15.3 Å². The number of aromatic nitrogens is 2. The van der Waals surface area contributed by atoms with Gasteiger partial charge in [-0.1, -0.05) is 0 Å². The first kappa shape index (κ1) is 18.8. The van der Waals surface area contributed by atoms with Crippen LogP contribution in [-0.2, 0) is 28.9 Å². The molecule has 0 spiro atoms. The molecule has 2 aromatic rings. The molecule has 1 aliphatic heterocycles. The average molecular weight is 415 g/mol. The second kappa shape index (κ2) is 7.55. The zero-order valence-corrected chi connectivity index (χ0v) is 17.3. The van der Waals surface area contributed by atoms with E-state index in [0.717, 1.165) is 55.2 Å². The fraction of sp³-hybridized carbons (Fsp3) is 0.619. The summed E-state index contributed by atoms with van der Waals surface area (Å²) in [5, 5.41) is 3.76. The topological polar surface area (TPSA) is 95.2 Å². The van der Waals surface area contributed by atoms with Crippen LogP contribution in [0.5, 0.6) is 0 Å². The van der Waals surface area contributed by atoms with Gasteiger partial charge in [0.25, 0.3) is 5.56 Å². The molecule has 1 saturated carbocycles. The number of nitrogens with one attached hydrogen (secondary N) is 2. The van der Waals surface area contributed by atoms with Crippen LogP contribution in [0.2, 0.25) is 0 Å². The molecule has 3 heterocycles. The van der Waals surface area contributed by atoms with Crippen LogP contribution in [0.25, 0.3) is 10.2 Å². The summed E-state index contributed by atoms with van der Waals surface area (Å²) in [7, 11) is 0. The summed E-state index contributed by atoms with van der Waals surface area (Å²) in [5.74, 6) is 0.509. The van der Waals surface area contributed by atoms with Gasteiger partial charge in [-0.25, -0.2) is 4.98 Å². The van der Waals surface area contributed by atoms with E-state index in [0.29, 0.717) is 24.8 Å². The highest BCUT2D eigenvalue weighted by Gasteiger charge is 2.36. The molecule has 2 aromatic heterocycles. The van der Waals surface area contributed by atoms with Crippen LogP contribution in [0.4, 0.5) is 0 Å². The summed E-state index contributed by atoms with van der Waals surface area (Å²) < 4.78 is 0. The van der Waals surface area contributed by atoms with Crippen LogP contribution in [0, 0.1) is 0 Å². The van der Waals surface area contributed by atoms with Crippen molar-refractivity contribution in [1.82, 2.24) is 20.2 Å². The number of thiophene rings is 1. The minimum absolute atomic E-state index is 0.0181. The molecule has 0 bridgehead atoms. The summed E-state index contributed by atoms with van der Waals surface area (Å²) in [5.41, 5.74) is 1.09. The number of nitrogens with zero attached hydrogens (tertiary/aromatic N) is 2. The van der Waals surface area contributed by atoms with Gasteiger partial charge in [0.1, 0.15) is 16.7 Å². The first-order chi connectivity index (χ1) is 14.1. The van der Waals surface area contributed by atoms with Crippen molar-refractivity contribution >= 4 is 33.4 Å². The van der Waals surface area contributed by atoms with Crippen molar-refractivity contribution in [3.05, 3.63) is 26.6 Å². The second-order valence-electron chi connectivity index (χ2n) is 8.43. The minimum Gasteiger partial charge on any atom is -0.352 e. The van der Waals surface area contributed by atoms with Crippen LogP contribution in [0.3, 0.4) is 0 Å². The Morgan fingerprint density at radius 3 is 2.83 bits per heavy atom. The van der Waals surface area contributed by atoms with Gasteiger partial charge in [0.2, 0.25) is 11.8 Å². The predicted molar refractivity (Wildman–Crippen MR) is 111 cm³/mol. The molecule has 0 radical (unpaired) electrons. The largest absolute Gasteiger partial charge is 0.352 e. The summed E-state index contributed by atoms with van der Waals surface area (Å²) in [6.45, 7) is 0.627. The van der Waals surface area contributed by atoms with Crippen LogP contribution in [0.15, 0.2) is 4.79 Å². The van der Waals surface area contributed by atoms with E-state index in [1.54, 1.807) is 16.2 Å². The first-order valence-corrected chi connectivity index (χ1v) is 11.5. The number of fused-ring (bicyclic) bond motifs is 3. The quantitative estimate of drug-likeness (QED) is 0.783. The monoisotopic (exact) mass is 414 g/mol. The van der Waals surface area contributed by atoms with Crippen LogP contribution >= 0.6 is 11.3 Å². The second-order valence-corrected chi connectivity index (χ2v) is 9.52. The third-order valence-electron chi connectivity index (χ3n) is 6.25. The summed E-state index contributed by atoms with van der Waals surface area (Å²) >= 11 is 1.62. The van der Waals surface area contributed by atoms with Gasteiger partial charge < -0.3 is 15.2 Å². The van der Waals surface area contributed by atoms with E-state index in [1.807, 2.05) is 0 Å². The highest BCUT2D eigenvalue weighted by atomic mass is 32.1. The number of aryl methyl sites for hydroxylation is 3. The molecule has 0 aromatic carbocycles. The molecule has 7 nitrogen and oxygen atoms in total. The number of hydrogen-bond acceptors (Lipinski definition) is 5. The molecule has 154 valence electrons. The van der Waals surface area contributed by atoms with E-state index >= 15 is 0 Å². The lowest BCUT2D eigenvalue weighted by atomic mass is 9.97. The average Bonchev–Trinajstić information content (AvgIpc) is 3.25. The molecular weight excluding hydrogens is 388 g/mol. The maximum Gasteiger partial charge on any atom is 0.259 e. The number of likely N-dealkylation sites (tertiary alicyclic amines) is 1. The molecule has 2 amide bonds. The molecule has 8 heteroatoms. The van der Waals surface area contributed by atoms with Gasteiger partial charge in [-0.05, 0) is 56.9 Å². The van der Waals surface area contributed by atoms with E-state index in [9.17, 15) is 14.4 Å². The van der Waals surface area contributed by atoms with E-state index in [-0.39, 0.29) is 29.8 Å². The van der Waals surface area contributed by atoms with Crippen molar-refractivity contribution in [3.63, 3.8) is 0 Å². The van der Waals surface area contributed by atoms with E-state index in [1.165, 1.54) is 16.9 Å². The standard InChI is InChI=1S/C21H26N4O3S/c26-17(25-11-3-5-14(25)19(27)22-12-7-8-12)10-9-16-23-20(28)18-13-4-1-2-6-15(13)29-21(18)24-16/h12,14H,1-11H2,(H,22,27)(H,23,24,28). The van der Waals surface area contributed by atoms with Crippen molar-refractivity contribution in [2.24, 2.45) is 0 Å². The van der Waals surface area contributed by atoms with Crippen LogP contribution in [-0.4, -0.2) is 45.3 Å². The van der Waals surface area contributed by atoms with E-state index in [4.69, 9.17) is 0 Å². The maximum absolute atomic E-state index is 12.8. The number of H-pyrrole nitrogens is 1. The third kappa shape index (κ3) is 3.70. The number of aromatic amines is 1. The first-order valence-electron chi connectivity index (χ1n) is 10.7. The van der Waals surface area contributed by atoms with Crippen molar-refractivity contribution in [2.45, 2.75) is 76.3 Å². The summed E-state index contributed by atoms with van der Waals surface area (Å²) in [4.78, 5) is 49.2. The number of rotatable bonds is 5. The Hall–Kier alpha value is -2.22. The highest BCUT2D eigenvalue weighted by molar-refractivity contribution is 7.18. The van der Waals surface area contributed by atoms with Crippen LogP contribution in [0.1, 0.15) is 61.2 Å². The Bertz CT molecular complexity index is 1020. The zero-order valence-electron chi connectivity index (χ0n) is 16.5. The zero-order chi connectivity index (χ0) is 20.0. The normalized spacial score (nSPS) is 21.4. The van der Waals surface area contributed by atoms with Crippen molar-refractivity contribution in [3.8, 4) is 0 Å². The van der Waals surface area contributed by atoms with Crippen molar-refractivity contribution < 1.29 is 9.59 Å². The Kier molecular flexibility index (Phi) is 4.89. The smallest absolute Gasteiger partial charge is 0.259 e. The number of amides is 2. The molecule has 2 fully saturated rings. The van der Waals surface area contributed by atoms with Gasteiger partial charge in [0, 0.05) is 30.3 Å². The van der Waals surface area contributed by atoms with E-state index < -0.39 is 0 Å². The molecule has 3 aliphatic rings. The lowest BCUT2D eigenvalue weighted by Crippen LogP contribution is -2.46. The van der Waals surface area contributed by atoms with Gasteiger partial charge in [-0.3, -0.25) is 14.4 Å². The van der Waals surface area contributed by atoms with Gasteiger partial charge in [0.15, 0.2) is 0 Å². The summed E-state index contributed by atoms with van der Waals surface area (Å²) in [6.07, 6.45) is 8.60. The Balaban J connectivity index is 1.28. The van der Waals surface area contributed by atoms with Gasteiger partial charge in [0.05, 0.1) is 5.39 Å². The van der Waals surface area contributed by atoms with Gasteiger partial charge >= 0.3 is 0 Å². The van der Waals surface area contributed by atoms with Crippen LogP contribution < -0.4 is 10.9 Å². The molecule has 1 unspecified atom stereocenters. The maximum atomic E-state index is 12.8. The van der Waals surface area contributed by atoms with Gasteiger partial charge in [-0.15, -0.1) is 11.3 Å². The molecule has 2 N–H and O–H groups in total. The highest BCUT2D eigenvalue weighted by Crippen LogP contribution is 2.33. The van der Waals surface area contributed by atoms with Gasteiger partial charge in [-0.2, -0.15) is 0 Å². The molecule has 5 rings (SSSR count). The lowest BCUT2D eigenvalue weighted by molar-refractivity contribution is -0.138. The minimum atomic E-state index is -0.346. The Morgan fingerprint density at radius 1 is 1.17 bits per heavy atom. The molecule has 29 heavy (non-hydrogen) atoms. The number of hydrogen-bond donors (Lipinski definition) is 2. The lowest BCUT2D eigenvalue weighted by Gasteiger charge is -2.24. The Morgan fingerprint density at radius 2 is 2.00 bits per heavy atom. The fourth-order valence-electron chi connectivity index (χ4n) is 4.56. The molecular formula is C21H26N4O3S. The molecule has 1 saturated heterocycles. The number of carbonyl (C=O) groups is 2. The number of carbonyl (C=O) groups excluding carboxylic acids is 2. The fourth-order valence-corrected chi connectivity index (χ4v) is 5.84. The predicted octanol–water partition coefficient (Wildman–Crippen LogP) is 2.07. The molecule has 2 aliphatic carbocycles. The molecule has 1 atom stereocenters. The van der Waals surface area contributed by atoms with Crippen molar-refractivity contribution in [2.75, 3.05) is 6.54 Å².